The molecule has 2 aliphatic rings. The second-order valence-electron chi connectivity index (χ2n) is 6.32. The average molecular weight is 253 g/mol. The highest BCUT2D eigenvalue weighted by Gasteiger charge is 2.32. The third kappa shape index (κ3) is 4.55. The summed E-state index contributed by atoms with van der Waals surface area (Å²) < 4.78 is 5.72. The molecule has 106 valence electrons. The highest BCUT2D eigenvalue weighted by molar-refractivity contribution is 4.86. The van der Waals surface area contributed by atoms with Crippen molar-refractivity contribution < 1.29 is 4.74 Å². The molecule has 2 fully saturated rings. The molecular formula is C16H31NO. The first-order chi connectivity index (χ1) is 8.81. The molecule has 0 bridgehead atoms. The highest BCUT2D eigenvalue weighted by atomic mass is 16.5. The van der Waals surface area contributed by atoms with Crippen molar-refractivity contribution in [2.75, 3.05) is 13.2 Å². The topological polar surface area (TPSA) is 21.3 Å². The van der Waals surface area contributed by atoms with Crippen LogP contribution in [0.3, 0.4) is 0 Å². The summed E-state index contributed by atoms with van der Waals surface area (Å²) in [6.45, 7) is 6.90. The largest absolute Gasteiger partial charge is 0.378 e. The normalized spacial score (nSPS) is 27.3. The number of rotatable bonds is 9. The Kier molecular flexibility index (Phi) is 5.97. The first kappa shape index (κ1) is 14.3. The van der Waals surface area contributed by atoms with Crippen LogP contribution in [-0.4, -0.2) is 25.3 Å². The molecule has 0 aromatic heterocycles. The predicted molar refractivity (Wildman–Crippen MR) is 76.8 cm³/mol. The summed E-state index contributed by atoms with van der Waals surface area (Å²) in [5, 5.41) is 3.78. The Hall–Kier alpha value is -0.0800. The van der Waals surface area contributed by atoms with Crippen LogP contribution in [-0.2, 0) is 4.74 Å². The van der Waals surface area contributed by atoms with Crippen molar-refractivity contribution >= 4 is 0 Å². The Bertz CT molecular complexity index is 221. The molecule has 2 rings (SSSR count). The first-order valence-electron chi connectivity index (χ1n) is 8.16. The summed E-state index contributed by atoms with van der Waals surface area (Å²) in [6.07, 6.45) is 11.3. The smallest absolute Gasteiger partial charge is 0.0576 e. The second kappa shape index (κ2) is 7.49. The van der Waals surface area contributed by atoms with Crippen molar-refractivity contribution in [1.82, 2.24) is 5.32 Å². The summed E-state index contributed by atoms with van der Waals surface area (Å²) in [5.74, 6) is 1.89. The Labute approximate surface area is 113 Å². The van der Waals surface area contributed by atoms with Gasteiger partial charge in [-0.1, -0.05) is 13.8 Å². The number of hydrogen-bond acceptors (Lipinski definition) is 2. The van der Waals surface area contributed by atoms with Crippen LogP contribution in [0.4, 0.5) is 0 Å². The van der Waals surface area contributed by atoms with Crippen LogP contribution >= 0.6 is 0 Å². The van der Waals surface area contributed by atoms with Gasteiger partial charge in [0.2, 0.25) is 0 Å². The molecule has 1 aliphatic carbocycles. The molecule has 0 aromatic carbocycles. The number of hydrogen-bond donors (Lipinski definition) is 1. The standard InChI is InChI=1S/C16H31NO/c1-3-11-17-16(13(2)14-9-10-14)8-4-6-15-7-5-12-18-15/h13-17H,3-12H2,1-2H3. The fraction of sp³-hybridized carbons (Fsp3) is 1.00. The van der Waals surface area contributed by atoms with Gasteiger partial charge in [0.1, 0.15) is 0 Å². The van der Waals surface area contributed by atoms with E-state index >= 15 is 0 Å². The van der Waals surface area contributed by atoms with Crippen molar-refractivity contribution in [1.29, 1.82) is 0 Å². The maximum atomic E-state index is 5.72. The summed E-state index contributed by atoms with van der Waals surface area (Å²) >= 11 is 0. The third-order valence-electron chi connectivity index (χ3n) is 4.72. The molecule has 1 N–H and O–H groups in total. The van der Waals surface area contributed by atoms with Gasteiger partial charge in [0.15, 0.2) is 0 Å². The van der Waals surface area contributed by atoms with Crippen LogP contribution in [0, 0.1) is 11.8 Å². The molecule has 0 spiro atoms. The molecule has 1 heterocycles. The van der Waals surface area contributed by atoms with Gasteiger partial charge < -0.3 is 10.1 Å². The van der Waals surface area contributed by atoms with E-state index in [0.29, 0.717) is 6.10 Å². The monoisotopic (exact) mass is 253 g/mol. The third-order valence-corrected chi connectivity index (χ3v) is 4.72. The zero-order chi connectivity index (χ0) is 12.8. The van der Waals surface area contributed by atoms with E-state index in [1.807, 2.05) is 0 Å². The summed E-state index contributed by atoms with van der Waals surface area (Å²) in [6, 6.07) is 0.749. The van der Waals surface area contributed by atoms with Crippen LogP contribution in [0.15, 0.2) is 0 Å². The fourth-order valence-corrected chi connectivity index (χ4v) is 3.27. The minimum absolute atomic E-state index is 0.577. The molecular weight excluding hydrogens is 222 g/mol. The van der Waals surface area contributed by atoms with Gasteiger partial charge in [0.05, 0.1) is 6.10 Å². The van der Waals surface area contributed by atoms with E-state index in [-0.39, 0.29) is 0 Å². The Morgan fingerprint density at radius 1 is 1.28 bits per heavy atom. The van der Waals surface area contributed by atoms with E-state index < -0.39 is 0 Å². The molecule has 1 saturated heterocycles. The molecule has 1 saturated carbocycles. The van der Waals surface area contributed by atoms with Crippen LogP contribution in [0.1, 0.15) is 65.2 Å². The van der Waals surface area contributed by atoms with Gasteiger partial charge in [-0.05, 0) is 69.7 Å². The lowest BCUT2D eigenvalue weighted by atomic mass is 9.91. The average Bonchev–Trinajstić information content (AvgIpc) is 3.11. The first-order valence-corrected chi connectivity index (χ1v) is 8.16. The fourth-order valence-electron chi connectivity index (χ4n) is 3.27. The molecule has 0 amide bonds. The molecule has 1 aliphatic heterocycles. The predicted octanol–water partition coefficient (Wildman–Crippen LogP) is 3.75. The molecule has 2 nitrogen and oxygen atoms in total. The van der Waals surface area contributed by atoms with Gasteiger partial charge in [-0.25, -0.2) is 0 Å². The zero-order valence-corrected chi connectivity index (χ0v) is 12.3. The molecule has 0 aromatic rings. The maximum Gasteiger partial charge on any atom is 0.0576 e. The summed E-state index contributed by atoms with van der Waals surface area (Å²) in [7, 11) is 0. The molecule has 2 heteroatoms. The lowest BCUT2D eigenvalue weighted by molar-refractivity contribution is 0.100. The van der Waals surface area contributed by atoms with Crippen LogP contribution < -0.4 is 5.32 Å². The summed E-state index contributed by atoms with van der Waals surface area (Å²) in [4.78, 5) is 0. The van der Waals surface area contributed by atoms with Crippen molar-refractivity contribution in [3.63, 3.8) is 0 Å². The van der Waals surface area contributed by atoms with Crippen molar-refractivity contribution in [3.8, 4) is 0 Å². The van der Waals surface area contributed by atoms with Crippen LogP contribution in [0.25, 0.3) is 0 Å². The van der Waals surface area contributed by atoms with E-state index in [9.17, 15) is 0 Å². The van der Waals surface area contributed by atoms with Gasteiger partial charge in [-0.2, -0.15) is 0 Å². The van der Waals surface area contributed by atoms with Gasteiger partial charge in [0, 0.05) is 12.6 Å². The van der Waals surface area contributed by atoms with Crippen LogP contribution in [0.2, 0.25) is 0 Å². The highest BCUT2D eigenvalue weighted by Crippen LogP contribution is 2.39. The van der Waals surface area contributed by atoms with Crippen LogP contribution in [0.5, 0.6) is 0 Å². The van der Waals surface area contributed by atoms with E-state index in [2.05, 4.69) is 19.2 Å². The number of nitrogens with one attached hydrogen (secondary N) is 1. The second-order valence-corrected chi connectivity index (χ2v) is 6.32. The quantitative estimate of drug-likeness (QED) is 0.675. The lowest BCUT2D eigenvalue weighted by Gasteiger charge is -2.25. The Morgan fingerprint density at radius 3 is 2.72 bits per heavy atom. The summed E-state index contributed by atoms with van der Waals surface area (Å²) in [5.41, 5.74) is 0. The Morgan fingerprint density at radius 2 is 2.11 bits per heavy atom. The van der Waals surface area contributed by atoms with E-state index in [1.165, 1.54) is 57.9 Å². The molecule has 3 atom stereocenters. The number of ether oxygens (including phenoxy) is 1. The lowest BCUT2D eigenvalue weighted by Crippen LogP contribution is -2.36. The van der Waals surface area contributed by atoms with E-state index in [0.717, 1.165) is 24.5 Å². The zero-order valence-electron chi connectivity index (χ0n) is 12.3. The maximum absolute atomic E-state index is 5.72. The minimum atomic E-state index is 0.577. The SMILES string of the molecule is CCCNC(CCCC1CCCO1)C(C)C1CC1. The van der Waals surface area contributed by atoms with Gasteiger partial charge in [-0.3, -0.25) is 0 Å². The van der Waals surface area contributed by atoms with Crippen molar-refractivity contribution in [3.05, 3.63) is 0 Å². The molecule has 18 heavy (non-hydrogen) atoms. The van der Waals surface area contributed by atoms with Gasteiger partial charge in [-0.15, -0.1) is 0 Å². The van der Waals surface area contributed by atoms with Crippen molar-refractivity contribution in [2.24, 2.45) is 11.8 Å². The van der Waals surface area contributed by atoms with E-state index in [4.69, 9.17) is 4.74 Å². The molecule has 0 radical (unpaired) electrons. The van der Waals surface area contributed by atoms with Crippen molar-refractivity contribution in [2.45, 2.75) is 77.4 Å². The minimum Gasteiger partial charge on any atom is -0.378 e. The molecule has 3 unspecified atom stereocenters. The van der Waals surface area contributed by atoms with E-state index in [1.54, 1.807) is 0 Å². The Balaban J connectivity index is 1.66. The van der Waals surface area contributed by atoms with Gasteiger partial charge in [0.25, 0.3) is 0 Å². The van der Waals surface area contributed by atoms with Gasteiger partial charge >= 0.3 is 0 Å².